The first kappa shape index (κ1) is 18.1. The van der Waals surface area contributed by atoms with E-state index < -0.39 is 5.54 Å². The first-order valence-corrected chi connectivity index (χ1v) is 8.03. The smallest absolute Gasteiger partial charge is 0.235 e. The van der Waals surface area contributed by atoms with E-state index in [-0.39, 0.29) is 18.4 Å². The van der Waals surface area contributed by atoms with Crippen LogP contribution in [0.1, 0.15) is 25.3 Å². The minimum Gasteiger partial charge on any atom is -0.497 e. The molecule has 0 aromatic heterocycles. The number of benzene rings is 1. The summed E-state index contributed by atoms with van der Waals surface area (Å²) in [5.74, 6) is 1.59. The van der Waals surface area contributed by atoms with Gasteiger partial charge in [-0.2, -0.15) is 5.26 Å². The maximum Gasteiger partial charge on any atom is 0.235 e. The molecule has 0 spiro atoms. The number of rotatable bonds is 8. The Morgan fingerprint density at radius 2 is 2.12 bits per heavy atom. The lowest BCUT2D eigenvalue weighted by Crippen LogP contribution is -2.49. The lowest BCUT2D eigenvalue weighted by Gasteiger charge is -2.25. The van der Waals surface area contributed by atoms with Crippen molar-refractivity contribution in [2.45, 2.75) is 31.8 Å². The molecule has 0 saturated heterocycles. The molecule has 1 amide bonds. The zero-order valence-corrected chi connectivity index (χ0v) is 14.8. The van der Waals surface area contributed by atoms with Crippen LogP contribution >= 0.6 is 0 Å². The molecule has 1 aromatic rings. The number of nitrogens with zero attached hydrogens (tertiary/aromatic N) is 2. The molecule has 1 aromatic carbocycles. The van der Waals surface area contributed by atoms with E-state index in [4.69, 9.17) is 9.47 Å². The van der Waals surface area contributed by atoms with E-state index in [1.54, 1.807) is 21.1 Å². The molecule has 0 aliphatic heterocycles. The van der Waals surface area contributed by atoms with Gasteiger partial charge in [0.25, 0.3) is 0 Å². The van der Waals surface area contributed by atoms with Gasteiger partial charge < -0.3 is 14.8 Å². The Kier molecular flexibility index (Phi) is 5.68. The van der Waals surface area contributed by atoms with Gasteiger partial charge in [-0.05, 0) is 38.8 Å². The van der Waals surface area contributed by atoms with Gasteiger partial charge in [-0.1, -0.05) is 6.07 Å². The summed E-state index contributed by atoms with van der Waals surface area (Å²) in [7, 11) is 5.08. The monoisotopic (exact) mass is 331 g/mol. The summed E-state index contributed by atoms with van der Waals surface area (Å²) in [5.41, 5.74) is 0.217. The molecule has 6 nitrogen and oxygen atoms in total. The van der Waals surface area contributed by atoms with E-state index in [9.17, 15) is 10.1 Å². The highest BCUT2D eigenvalue weighted by Crippen LogP contribution is 2.39. The van der Waals surface area contributed by atoms with Crippen LogP contribution in [0.15, 0.2) is 18.2 Å². The zero-order valence-electron chi connectivity index (χ0n) is 14.8. The Bertz CT molecular complexity index is 637. The lowest BCUT2D eigenvalue weighted by atomic mass is 9.98. The number of hydrogen-bond donors (Lipinski definition) is 1. The number of likely N-dealkylation sites (N-methyl/N-ethyl adjacent to an activating group) is 1. The molecule has 0 heterocycles. The quantitative estimate of drug-likeness (QED) is 0.788. The van der Waals surface area contributed by atoms with Crippen molar-refractivity contribution in [1.82, 2.24) is 10.2 Å². The molecule has 6 heteroatoms. The van der Waals surface area contributed by atoms with Gasteiger partial charge in [0.2, 0.25) is 5.91 Å². The fourth-order valence-corrected chi connectivity index (χ4v) is 2.79. The molecule has 24 heavy (non-hydrogen) atoms. The molecular weight excluding hydrogens is 306 g/mol. The highest BCUT2D eigenvalue weighted by molar-refractivity contribution is 5.79. The zero-order chi connectivity index (χ0) is 17.7. The van der Waals surface area contributed by atoms with Gasteiger partial charge in [-0.15, -0.1) is 0 Å². The number of carbonyl (C=O) groups is 1. The van der Waals surface area contributed by atoms with Crippen LogP contribution in [0.3, 0.4) is 0 Å². The van der Waals surface area contributed by atoms with E-state index in [1.807, 2.05) is 30.1 Å². The summed E-state index contributed by atoms with van der Waals surface area (Å²) in [5, 5.41) is 12.2. The van der Waals surface area contributed by atoms with Crippen LogP contribution in [-0.2, 0) is 11.3 Å². The van der Waals surface area contributed by atoms with Crippen molar-refractivity contribution >= 4 is 5.91 Å². The van der Waals surface area contributed by atoms with Crippen molar-refractivity contribution < 1.29 is 14.3 Å². The number of carbonyl (C=O) groups excluding carboxylic acids is 1. The number of amides is 1. The van der Waals surface area contributed by atoms with Gasteiger partial charge in [0.05, 0.1) is 26.8 Å². The van der Waals surface area contributed by atoms with Gasteiger partial charge in [0, 0.05) is 18.2 Å². The van der Waals surface area contributed by atoms with Crippen molar-refractivity contribution in [3.8, 4) is 17.6 Å². The van der Waals surface area contributed by atoms with E-state index in [0.717, 1.165) is 29.9 Å². The summed E-state index contributed by atoms with van der Waals surface area (Å²) < 4.78 is 10.6. The minimum absolute atomic E-state index is 0.138. The van der Waals surface area contributed by atoms with Crippen molar-refractivity contribution in [3.63, 3.8) is 0 Å². The summed E-state index contributed by atoms with van der Waals surface area (Å²) in [6.45, 7) is 2.58. The second-order valence-corrected chi connectivity index (χ2v) is 6.49. The lowest BCUT2D eigenvalue weighted by molar-refractivity contribution is -0.123. The third-order valence-corrected chi connectivity index (χ3v) is 4.37. The van der Waals surface area contributed by atoms with Crippen LogP contribution in [0, 0.1) is 17.2 Å². The highest BCUT2D eigenvalue weighted by atomic mass is 16.5. The standard InChI is InChI=1S/C18H25N3O3/c1-18(12-19,14-6-7-14)20-17(22)11-21(2)10-13-5-8-15(23-3)9-16(13)24-4/h5,8-9,14H,6-7,10-11H2,1-4H3,(H,20,22)/t18-/m0/s1. The van der Waals surface area contributed by atoms with Crippen LogP contribution in [0.4, 0.5) is 0 Å². The van der Waals surface area contributed by atoms with Crippen LogP contribution in [0.25, 0.3) is 0 Å². The Morgan fingerprint density at radius 1 is 1.42 bits per heavy atom. The summed E-state index contributed by atoms with van der Waals surface area (Å²) >= 11 is 0. The molecule has 1 fully saturated rings. The summed E-state index contributed by atoms with van der Waals surface area (Å²) in [4.78, 5) is 14.1. The molecule has 2 rings (SSSR count). The highest BCUT2D eigenvalue weighted by Gasteiger charge is 2.43. The molecular formula is C18H25N3O3. The predicted molar refractivity (Wildman–Crippen MR) is 90.8 cm³/mol. The molecule has 1 aliphatic rings. The normalized spacial score (nSPS) is 16.2. The maximum atomic E-state index is 12.3. The Balaban J connectivity index is 1.94. The van der Waals surface area contributed by atoms with Crippen LogP contribution in [-0.4, -0.2) is 44.2 Å². The Morgan fingerprint density at radius 3 is 2.67 bits per heavy atom. The number of nitriles is 1. The van der Waals surface area contributed by atoms with E-state index in [2.05, 4.69) is 11.4 Å². The Labute approximate surface area is 143 Å². The number of methoxy groups -OCH3 is 2. The van der Waals surface area contributed by atoms with Crippen molar-refractivity contribution in [2.24, 2.45) is 5.92 Å². The molecule has 1 aliphatic carbocycles. The minimum atomic E-state index is -0.754. The van der Waals surface area contributed by atoms with Gasteiger partial charge in [0.15, 0.2) is 0 Å². The predicted octanol–water partition coefficient (Wildman–Crippen LogP) is 1.94. The second-order valence-electron chi connectivity index (χ2n) is 6.49. The molecule has 1 atom stereocenters. The van der Waals surface area contributed by atoms with Gasteiger partial charge in [-0.3, -0.25) is 9.69 Å². The van der Waals surface area contributed by atoms with Crippen LogP contribution in [0.5, 0.6) is 11.5 Å². The first-order valence-electron chi connectivity index (χ1n) is 8.03. The van der Waals surface area contributed by atoms with Gasteiger partial charge in [-0.25, -0.2) is 0 Å². The van der Waals surface area contributed by atoms with E-state index >= 15 is 0 Å². The third-order valence-electron chi connectivity index (χ3n) is 4.37. The number of nitrogens with one attached hydrogen (secondary N) is 1. The molecule has 0 radical (unpaired) electrons. The molecule has 1 saturated carbocycles. The van der Waals surface area contributed by atoms with E-state index in [1.165, 1.54) is 0 Å². The number of ether oxygens (including phenoxy) is 2. The topological polar surface area (TPSA) is 74.6 Å². The second kappa shape index (κ2) is 7.54. The first-order chi connectivity index (χ1) is 11.4. The van der Waals surface area contributed by atoms with Crippen LogP contribution < -0.4 is 14.8 Å². The van der Waals surface area contributed by atoms with Crippen molar-refractivity contribution in [1.29, 1.82) is 5.26 Å². The molecule has 0 unspecified atom stereocenters. The summed E-state index contributed by atoms with van der Waals surface area (Å²) in [6.07, 6.45) is 2.01. The molecule has 0 bridgehead atoms. The van der Waals surface area contributed by atoms with Crippen molar-refractivity contribution in [3.05, 3.63) is 23.8 Å². The SMILES string of the molecule is COc1ccc(CN(C)CC(=O)N[C@@](C)(C#N)C2CC2)c(OC)c1. The fourth-order valence-electron chi connectivity index (χ4n) is 2.79. The average molecular weight is 331 g/mol. The summed E-state index contributed by atoms with van der Waals surface area (Å²) in [6, 6.07) is 7.86. The largest absolute Gasteiger partial charge is 0.497 e. The number of hydrogen-bond acceptors (Lipinski definition) is 5. The Hall–Kier alpha value is -2.26. The molecule has 1 N–H and O–H groups in total. The third kappa shape index (κ3) is 4.39. The fraction of sp³-hybridized carbons (Fsp3) is 0.556. The van der Waals surface area contributed by atoms with Crippen LogP contribution in [0.2, 0.25) is 0 Å². The van der Waals surface area contributed by atoms with Gasteiger partial charge in [0.1, 0.15) is 17.0 Å². The average Bonchev–Trinajstić information content (AvgIpc) is 3.40. The van der Waals surface area contributed by atoms with Gasteiger partial charge >= 0.3 is 0 Å². The van der Waals surface area contributed by atoms with E-state index in [0.29, 0.717) is 6.54 Å². The molecule has 130 valence electrons. The van der Waals surface area contributed by atoms with Crippen molar-refractivity contribution in [2.75, 3.05) is 27.8 Å². The maximum absolute atomic E-state index is 12.3.